The van der Waals surface area contributed by atoms with Gasteiger partial charge in [-0.05, 0) is 57.1 Å². The van der Waals surface area contributed by atoms with Gasteiger partial charge in [0.2, 0.25) is 0 Å². The number of amides is 2. The normalized spacial score (nSPS) is 15.4. The van der Waals surface area contributed by atoms with Gasteiger partial charge in [-0.3, -0.25) is 14.5 Å². The minimum Gasteiger partial charge on any atom is -0.336 e. The molecule has 0 radical (unpaired) electrons. The number of carbonyl (C=O) groups excluding carboxylic acids is 2. The summed E-state index contributed by atoms with van der Waals surface area (Å²) < 4.78 is 5.48. The Morgan fingerprint density at radius 2 is 1.21 bits per heavy atom. The summed E-state index contributed by atoms with van der Waals surface area (Å²) in [5.41, 5.74) is 4.05. The van der Waals surface area contributed by atoms with Gasteiger partial charge in [-0.15, -0.1) is 34.0 Å². The topological polar surface area (TPSA) is 42.3 Å². The van der Waals surface area contributed by atoms with Crippen molar-refractivity contribution in [2.45, 2.75) is 157 Å². The van der Waals surface area contributed by atoms with Crippen molar-refractivity contribution in [3.05, 3.63) is 33.0 Å². The lowest BCUT2D eigenvalue weighted by Crippen LogP contribution is -2.31. The largest absolute Gasteiger partial charge is 0.336 e. The molecule has 0 saturated heterocycles. The monoisotopic (exact) mass is 708 g/mol. The van der Waals surface area contributed by atoms with E-state index in [2.05, 4.69) is 58.2 Å². The minimum absolute atomic E-state index is 0.0812. The van der Waals surface area contributed by atoms with Gasteiger partial charge in [-0.25, -0.2) is 0 Å². The first-order chi connectivity index (χ1) is 23.3. The number of thiophene rings is 3. The molecule has 2 amide bonds. The molecule has 0 saturated carbocycles. The zero-order chi connectivity index (χ0) is 34.4. The molecule has 0 spiro atoms. The molecular weight excluding hydrogens is 649 g/mol. The Morgan fingerprint density at radius 3 is 1.83 bits per heavy atom. The van der Waals surface area contributed by atoms with E-state index in [1.54, 1.807) is 16.2 Å². The van der Waals surface area contributed by atoms with Crippen LogP contribution in [0.25, 0.3) is 30.2 Å². The van der Waals surface area contributed by atoms with Crippen molar-refractivity contribution in [3.8, 4) is 9.75 Å². The maximum atomic E-state index is 13.9. The third-order valence-electron chi connectivity index (χ3n) is 10.9. The molecule has 4 aromatic rings. The number of hydrogen-bond donors (Lipinski definition) is 0. The van der Waals surface area contributed by atoms with E-state index in [9.17, 15) is 9.59 Å². The molecule has 2 unspecified atom stereocenters. The number of nitrogens with zero attached hydrogens (tertiary/aromatic N) is 2. The summed E-state index contributed by atoms with van der Waals surface area (Å²) in [6.07, 6.45) is 19.5. The standard InChI is InChI=1S/C41H60N2O2S3/c1-8-13-16-17-18-19-22-42-40(44)35-28(7)47-39(36(35)41(42)45)34-26-33-38(48-34)37-32(23-27(6)46-37)43(33)31(24-29(11-4)20-14-9-2)25-30(12-5)21-15-10-3/h23,26,29-31H,8-22,24-25H2,1-7H3. The molecule has 48 heavy (non-hydrogen) atoms. The fraction of sp³-hybridized carbons (Fsp3) is 0.659. The highest BCUT2D eigenvalue weighted by Gasteiger charge is 2.41. The highest BCUT2D eigenvalue weighted by atomic mass is 32.1. The molecule has 5 heterocycles. The van der Waals surface area contributed by atoms with Gasteiger partial charge in [0.15, 0.2) is 0 Å². The van der Waals surface area contributed by atoms with Crippen molar-refractivity contribution in [3.63, 3.8) is 0 Å². The van der Waals surface area contributed by atoms with Crippen LogP contribution in [0, 0.1) is 25.7 Å². The second-order valence-corrected chi connectivity index (χ2v) is 18.0. The second kappa shape index (κ2) is 17.3. The fourth-order valence-corrected chi connectivity index (χ4v) is 11.6. The van der Waals surface area contributed by atoms with Crippen molar-refractivity contribution in [1.82, 2.24) is 9.47 Å². The Bertz CT molecular complexity index is 1650. The van der Waals surface area contributed by atoms with Crippen molar-refractivity contribution in [1.29, 1.82) is 0 Å². The van der Waals surface area contributed by atoms with Gasteiger partial charge in [0.25, 0.3) is 11.8 Å². The predicted octanol–water partition coefficient (Wildman–Crippen LogP) is 14.0. The van der Waals surface area contributed by atoms with Crippen LogP contribution in [0.4, 0.5) is 0 Å². The van der Waals surface area contributed by atoms with Gasteiger partial charge in [0, 0.05) is 27.2 Å². The lowest BCUT2D eigenvalue weighted by Gasteiger charge is -2.29. The van der Waals surface area contributed by atoms with Crippen LogP contribution in [0.3, 0.4) is 0 Å². The van der Waals surface area contributed by atoms with Crippen molar-refractivity contribution in [2.24, 2.45) is 11.8 Å². The molecule has 0 aromatic carbocycles. The van der Waals surface area contributed by atoms with Gasteiger partial charge in [-0.1, -0.05) is 118 Å². The molecule has 0 aliphatic carbocycles. The molecule has 0 fully saturated rings. The van der Waals surface area contributed by atoms with Gasteiger partial charge in [-0.2, -0.15) is 0 Å². The van der Waals surface area contributed by atoms with E-state index in [1.807, 2.05) is 29.6 Å². The van der Waals surface area contributed by atoms with Crippen LogP contribution < -0.4 is 0 Å². The smallest absolute Gasteiger partial charge is 0.263 e. The number of aromatic nitrogens is 1. The van der Waals surface area contributed by atoms with Crippen LogP contribution in [0.1, 0.15) is 174 Å². The number of rotatable bonds is 21. The first-order valence-corrected chi connectivity index (χ1v) is 21.8. The first kappa shape index (κ1) is 37.3. The van der Waals surface area contributed by atoms with Gasteiger partial charge >= 0.3 is 0 Å². The molecule has 1 aliphatic heterocycles. The molecule has 0 bridgehead atoms. The Balaban J connectivity index is 1.53. The van der Waals surface area contributed by atoms with E-state index in [4.69, 9.17) is 0 Å². The maximum Gasteiger partial charge on any atom is 0.263 e. The molecule has 5 rings (SSSR count). The molecule has 264 valence electrons. The van der Waals surface area contributed by atoms with Gasteiger partial charge in [0.1, 0.15) is 0 Å². The van der Waals surface area contributed by atoms with E-state index < -0.39 is 0 Å². The SMILES string of the molecule is CCCCCCCCN1C(=O)c2c(C)sc(-c3cc4c(s3)c3sc(C)cc3n4C(CC(CC)CCCC)CC(CC)CCCC)c2C1=O. The number of carbonyl (C=O) groups is 2. The van der Waals surface area contributed by atoms with Crippen LogP contribution in [0.2, 0.25) is 0 Å². The van der Waals surface area contributed by atoms with Gasteiger partial charge in [0.05, 0.1) is 36.4 Å². The minimum atomic E-state index is -0.0825. The van der Waals surface area contributed by atoms with Crippen LogP contribution >= 0.6 is 34.0 Å². The van der Waals surface area contributed by atoms with Crippen molar-refractivity contribution in [2.75, 3.05) is 6.54 Å². The summed E-state index contributed by atoms with van der Waals surface area (Å²) in [5.74, 6) is 1.30. The van der Waals surface area contributed by atoms with Crippen molar-refractivity contribution >= 4 is 66.3 Å². The average Bonchev–Trinajstić information content (AvgIpc) is 3.86. The Labute approximate surface area is 302 Å². The quantitative estimate of drug-likeness (QED) is 0.0639. The molecule has 2 atom stereocenters. The third kappa shape index (κ3) is 7.84. The van der Waals surface area contributed by atoms with E-state index in [0.29, 0.717) is 23.7 Å². The van der Waals surface area contributed by atoms with E-state index in [1.165, 1.54) is 115 Å². The van der Waals surface area contributed by atoms with Crippen LogP contribution in [0.5, 0.6) is 0 Å². The summed E-state index contributed by atoms with van der Waals surface area (Å²) in [4.78, 5) is 33.6. The van der Waals surface area contributed by atoms with Crippen molar-refractivity contribution < 1.29 is 9.59 Å². The van der Waals surface area contributed by atoms with Crippen LogP contribution in [0.15, 0.2) is 12.1 Å². The lowest BCUT2D eigenvalue weighted by atomic mass is 9.85. The molecule has 0 N–H and O–H groups in total. The molecule has 1 aliphatic rings. The summed E-state index contributed by atoms with van der Waals surface area (Å²) in [5, 5.41) is 0. The Kier molecular flexibility index (Phi) is 13.5. The zero-order valence-electron chi connectivity index (χ0n) is 30.8. The summed E-state index contributed by atoms with van der Waals surface area (Å²) in [6, 6.07) is 5.26. The average molecular weight is 709 g/mol. The Hall–Kier alpha value is -1.96. The maximum absolute atomic E-state index is 13.9. The number of imide groups is 1. The summed E-state index contributed by atoms with van der Waals surface area (Å²) in [6.45, 7) is 16.4. The van der Waals surface area contributed by atoms with E-state index >= 15 is 0 Å². The third-order valence-corrected chi connectivity index (χ3v) is 14.5. The number of hydrogen-bond acceptors (Lipinski definition) is 5. The van der Waals surface area contributed by atoms with E-state index in [0.717, 1.165) is 39.3 Å². The fourth-order valence-electron chi connectivity index (χ4n) is 8.04. The van der Waals surface area contributed by atoms with E-state index in [-0.39, 0.29) is 11.8 Å². The lowest BCUT2D eigenvalue weighted by molar-refractivity contribution is 0.0651. The first-order valence-electron chi connectivity index (χ1n) is 19.3. The van der Waals surface area contributed by atoms with Crippen LogP contribution in [-0.2, 0) is 0 Å². The molecule has 7 heteroatoms. The molecule has 4 aromatic heterocycles. The molecular formula is C41H60N2O2S3. The predicted molar refractivity (Wildman–Crippen MR) is 212 cm³/mol. The summed E-state index contributed by atoms with van der Waals surface area (Å²) in [7, 11) is 0. The molecule has 4 nitrogen and oxygen atoms in total. The Morgan fingerprint density at radius 1 is 0.646 bits per heavy atom. The summed E-state index contributed by atoms with van der Waals surface area (Å²) >= 11 is 5.40. The number of fused-ring (bicyclic) bond motifs is 4. The highest BCUT2D eigenvalue weighted by Crippen LogP contribution is 2.50. The highest BCUT2D eigenvalue weighted by molar-refractivity contribution is 7.30. The number of unbranched alkanes of at least 4 members (excludes halogenated alkanes) is 7. The van der Waals surface area contributed by atoms with Crippen LogP contribution in [-0.4, -0.2) is 27.8 Å². The van der Waals surface area contributed by atoms with Gasteiger partial charge < -0.3 is 4.57 Å². The number of aryl methyl sites for hydroxylation is 2. The zero-order valence-corrected chi connectivity index (χ0v) is 33.3. The second-order valence-electron chi connectivity index (χ2n) is 14.5.